The number of carbonyl (C=O) groups excluding carboxylic acids is 1. The number of nitrogens with one attached hydrogen (secondary N) is 1. The minimum Gasteiger partial charge on any atom is -0.442 e. The molecule has 1 atom stereocenters. The Hall–Kier alpha value is -0.990. The third kappa shape index (κ3) is 1.50. The van der Waals surface area contributed by atoms with Crippen LogP contribution in [-0.4, -0.2) is 18.7 Å². The number of hydrogen-bond acceptors (Lipinski definition) is 2. The van der Waals surface area contributed by atoms with Gasteiger partial charge in [0.15, 0.2) is 0 Å². The van der Waals surface area contributed by atoms with Gasteiger partial charge in [-0.2, -0.15) is 0 Å². The number of alkyl carbamates (subject to hydrolysis) is 1. The average Bonchev–Trinajstić information content (AvgIpc) is 1.88. The molecule has 1 N–H and O–H groups in total. The Labute approximate surface area is 60.1 Å². The van der Waals surface area contributed by atoms with Crippen LogP contribution in [0.4, 0.5) is 4.79 Å². The van der Waals surface area contributed by atoms with E-state index in [-0.39, 0.29) is 12.2 Å². The van der Waals surface area contributed by atoms with E-state index < -0.39 is 0 Å². The first-order valence-corrected chi connectivity index (χ1v) is 3.30. The molecule has 3 nitrogen and oxygen atoms in total. The second-order valence-electron chi connectivity index (χ2n) is 2.46. The van der Waals surface area contributed by atoms with Crippen LogP contribution in [0.15, 0.2) is 12.2 Å². The van der Waals surface area contributed by atoms with E-state index in [1.807, 2.05) is 6.92 Å². The Bertz CT molecular complexity index is 163. The van der Waals surface area contributed by atoms with Crippen LogP contribution in [0.3, 0.4) is 0 Å². The minimum absolute atomic E-state index is 0.0752. The summed E-state index contributed by atoms with van der Waals surface area (Å²) in [5.41, 5.74) is 0.912. The van der Waals surface area contributed by atoms with Crippen LogP contribution in [-0.2, 0) is 4.74 Å². The summed E-state index contributed by atoms with van der Waals surface area (Å²) in [6.07, 6.45) is 0.425. The molecule has 0 aromatic carbocycles. The number of rotatable bonds is 1. The molecule has 0 saturated carbocycles. The lowest BCUT2D eigenvalue weighted by atomic mass is 10.1. The largest absolute Gasteiger partial charge is 0.442 e. The van der Waals surface area contributed by atoms with Gasteiger partial charge in [0.25, 0.3) is 0 Å². The summed E-state index contributed by atoms with van der Waals surface area (Å²) in [5, 5.41) is 2.56. The van der Waals surface area contributed by atoms with E-state index >= 15 is 0 Å². The quantitative estimate of drug-likeness (QED) is 0.554. The smallest absolute Gasteiger partial charge is 0.407 e. The maximum atomic E-state index is 10.6. The maximum Gasteiger partial charge on any atom is 0.407 e. The summed E-state index contributed by atoms with van der Waals surface area (Å²) < 4.78 is 4.90. The summed E-state index contributed by atoms with van der Waals surface area (Å²) in [6, 6.07) is 0. The Morgan fingerprint density at radius 3 is 3.00 bits per heavy atom. The molecule has 1 aliphatic heterocycles. The predicted molar refractivity (Wildman–Crippen MR) is 37.7 cm³/mol. The Morgan fingerprint density at radius 2 is 2.60 bits per heavy atom. The van der Waals surface area contributed by atoms with Gasteiger partial charge < -0.3 is 10.1 Å². The van der Waals surface area contributed by atoms with E-state index in [0.717, 1.165) is 12.0 Å². The molecule has 1 fully saturated rings. The van der Waals surface area contributed by atoms with Crippen LogP contribution in [0.5, 0.6) is 0 Å². The molecule has 3 heteroatoms. The van der Waals surface area contributed by atoms with Gasteiger partial charge in [0.05, 0.1) is 0 Å². The molecule has 1 amide bonds. The van der Waals surface area contributed by atoms with Gasteiger partial charge in [-0.05, 0) is 12.5 Å². The highest BCUT2D eigenvalue weighted by Crippen LogP contribution is 2.10. The van der Waals surface area contributed by atoms with Crippen molar-refractivity contribution in [2.75, 3.05) is 6.54 Å². The lowest BCUT2D eigenvalue weighted by Gasteiger charge is -2.22. The minimum atomic E-state index is -0.334. The molecule has 1 saturated heterocycles. The third-order valence-corrected chi connectivity index (χ3v) is 1.47. The molecular formula is C7H11NO2. The molecule has 1 heterocycles. The van der Waals surface area contributed by atoms with Crippen LogP contribution >= 0.6 is 0 Å². The fourth-order valence-electron chi connectivity index (χ4n) is 0.882. The van der Waals surface area contributed by atoms with Gasteiger partial charge in [0.2, 0.25) is 0 Å². The van der Waals surface area contributed by atoms with Gasteiger partial charge in [-0.3, -0.25) is 0 Å². The van der Waals surface area contributed by atoms with E-state index in [1.165, 1.54) is 0 Å². The fraction of sp³-hybridized carbons (Fsp3) is 0.571. The average molecular weight is 141 g/mol. The maximum absolute atomic E-state index is 10.6. The zero-order chi connectivity index (χ0) is 7.56. The lowest BCUT2D eigenvalue weighted by Crippen LogP contribution is -2.38. The first kappa shape index (κ1) is 7.12. The highest BCUT2D eigenvalue weighted by Gasteiger charge is 2.19. The van der Waals surface area contributed by atoms with E-state index in [2.05, 4.69) is 11.9 Å². The van der Waals surface area contributed by atoms with Gasteiger partial charge >= 0.3 is 6.09 Å². The third-order valence-electron chi connectivity index (χ3n) is 1.47. The van der Waals surface area contributed by atoms with E-state index in [1.54, 1.807) is 0 Å². The van der Waals surface area contributed by atoms with Gasteiger partial charge in [0.1, 0.15) is 6.10 Å². The number of ether oxygens (including phenoxy) is 1. The highest BCUT2D eigenvalue weighted by molar-refractivity contribution is 5.68. The monoisotopic (exact) mass is 141 g/mol. The molecular weight excluding hydrogens is 130 g/mol. The first-order chi connectivity index (χ1) is 4.70. The van der Waals surface area contributed by atoms with Crippen LogP contribution in [0, 0.1) is 0 Å². The number of amides is 1. The summed E-state index contributed by atoms with van der Waals surface area (Å²) in [4.78, 5) is 10.6. The molecule has 1 unspecified atom stereocenters. The number of hydrogen-bond donors (Lipinski definition) is 1. The summed E-state index contributed by atoms with van der Waals surface area (Å²) in [5.74, 6) is 0. The molecule has 1 aliphatic rings. The van der Waals surface area contributed by atoms with Gasteiger partial charge in [0, 0.05) is 13.0 Å². The van der Waals surface area contributed by atoms with Crippen LogP contribution < -0.4 is 5.32 Å². The van der Waals surface area contributed by atoms with Crippen molar-refractivity contribution in [3.05, 3.63) is 12.2 Å². The van der Waals surface area contributed by atoms with E-state index in [4.69, 9.17) is 4.74 Å². The molecule has 0 aromatic rings. The van der Waals surface area contributed by atoms with Crippen molar-refractivity contribution in [3.63, 3.8) is 0 Å². The molecule has 0 bridgehead atoms. The van der Waals surface area contributed by atoms with Crippen molar-refractivity contribution in [2.24, 2.45) is 0 Å². The Morgan fingerprint density at radius 1 is 1.90 bits per heavy atom. The molecule has 1 rings (SSSR count). The van der Waals surface area contributed by atoms with Crippen molar-refractivity contribution in [1.82, 2.24) is 5.32 Å². The van der Waals surface area contributed by atoms with Gasteiger partial charge in [-0.25, -0.2) is 4.79 Å². The lowest BCUT2D eigenvalue weighted by molar-refractivity contribution is 0.0923. The normalized spacial score (nSPS) is 24.9. The molecule has 56 valence electrons. The van der Waals surface area contributed by atoms with Crippen molar-refractivity contribution >= 4 is 6.09 Å². The summed E-state index contributed by atoms with van der Waals surface area (Å²) in [7, 11) is 0. The van der Waals surface area contributed by atoms with Crippen LogP contribution in [0.25, 0.3) is 0 Å². The summed E-state index contributed by atoms with van der Waals surface area (Å²) >= 11 is 0. The van der Waals surface area contributed by atoms with Crippen molar-refractivity contribution in [3.8, 4) is 0 Å². The van der Waals surface area contributed by atoms with Crippen LogP contribution in [0.1, 0.15) is 13.3 Å². The SMILES string of the molecule is C=C(C)C1CCNC(=O)O1. The Balaban J connectivity index is 2.47. The van der Waals surface area contributed by atoms with E-state index in [0.29, 0.717) is 6.54 Å². The summed E-state index contributed by atoms with van der Waals surface area (Å²) in [6.45, 7) is 6.26. The molecule has 0 aromatic heterocycles. The Kier molecular flexibility index (Phi) is 1.94. The van der Waals surface area contributed by atoms with Gasteiger partial charge in [-0.15, -0.1) is 0 Å². The molecule has 10 heavy (non-hydrogen) atoms. The van der Waals surface area contributed by atoms with Crippen molar-refractivity contribution in [2.45, 2.75) is 19.4 Å². The highest BCUT2D eigenvalue weighted by atomic mass is 16.6. The molecule has 0 spiro atoms. The second-order valence-corrected chi connectivity index (χ2v) is 2.46. The zero-order valence-electron chi connectivity index (χ0n) is 6.02. The van der Waals surface area contributed by atoms with Crippen molar-refractivity contribution in [1.29, 1.82) is 0 Å². The topological polar surface area (TPSA) is 38.3 Å². The first-order valence-electron chi connectivity index (χ1n) is 3.30. The van der Waals surface area contributed by atoms with Crippen molar-refractivity contribution < 1.29 is 9.53 Å². The van der Waals surface area contributed by atoms with Crippen LogP contribution in [0.2, 0.25) is 0 Å². The fourth-order valence-corrected chi connectivity index (χ4v) is 0.882. The predicted octanol–water partition coefficient (Wildman–Crippen LogP) is 1.06. The second kappa shape index (κ2) is 2.73. The zero-order valence-corrected chi connectivity index (χ0v) is 6.02. The number of cyclic esters (lactones) is 1. The van der Waals surface area contributed by atoms with E-state index in [9.17, 15) is 4.79 Å². The molecule has 0 radical (unpaired) electrons. The molecule has 0 aliphatic carbocycles. The van der Waals surface area contributed by atoms with Gasteiger partial charge in [-0.1, -0.05) is 6.58 Å². The number of carbonyl (C=O) groups is 1. The standard InChI is InChI=1S/C7H11NO2/c1-5(2)6-3-4-8-7(9)10-6/h6H,1,3-4H2,2H3,(H,8,9).